The van der Waals surface area contributed by atoms with E-state index in [4.69, 9.17) is 13.7 Å². The third kappa shape index (κ3) is 4.42. The summed E-state index contributed by atoms with van der Waals surface area (Å²) in [6.45, 7) is 19.9. The summed E-state index contributed by atoms with van der Waals surface area (Å²) in [6.07, 6.45) is 2.29. The van der Waals surface area contributed by atoms with Crippen molar-refractivity contribution in [3.63, 3.8) is 0 Å². The second kappa shape index (κ2) is 8.03. The molecule has 1 rings (SSSR count). The third-order valence-electron chi connectivity index (χ3n) is 6.31. The van der Waals surface area contributed by atoms with Crippen molar-refractivity contribution in [1.82, 2.24) is 0 Å². The quantitative estimate of drug-likeness (QED) is 0.506. The SMILES string of the molecule is CC[C@@H](O[Si](CC)(CC)CC)[C@@H](CC)B1OC(C)(C)C(C)(C)O1. The van der Waals surface area contributed by atoms with Gasteiger partial charge in [-0.2, -0.15) is 0 Å². The van der Waals surface area contributed by atoms with E-state index in [1.54, 1.807) is 0 Å². The summed E-state index contributed by atoms with van der Waals surface area (Å²) >= 11 is 0. The second-order valence-electron chi connectivity index (χ2n) is 8.01. The Morgan fingerprint density at radius 3 is 1.57 bits per heavy atom. The molecule has 1 heterocycles. The molecule has 0 unspecified atom stereocenters. The number of hydrogen-bond acceptors (Lipinski definition) is 3. The average Bonchev–Trinajstić information content (AvgIpc) is 2.72. The summed E-state index contributed by atoms with van der Waals surface area (Å²) in [6, 6.07) is 3.57. The van der Waals surface area contributed by atoms with Gasteiger partial charge in [0.2, 0.25) is 0 Å². The minimum absolute atomic E-state index is 0.160. The van der Waals surface area contributed by atoms with Gasteiger partial charge in [-0.25, -0.2) is 0 Å². The maximum atomic E-state index is 6.82. The first-order chi connectivity index (χ1) is 10.6. The van der Waals surface area contributed by atoms with Crippen molar-refractivity contribution >= 4 is 15.4 Å². The molecule has 0 amide bonds. The van der Waals surface area contributed by atoms with Crippen molar-refractivity contribution < 1.29 is 13.7 Å². The lowest BCUT2D eigenvalue weighted by molar-refractivity contribution is 0.00578. The topological polar surface area (TPSA) is 27.7 Å². The van der Waals surface area contributed by atoms with Crippen LogP contribution in [0.25, 0.3) is 0 Å². The molecule has 0 bridgehead atoms. The molecular formula is C18H39BO3Si. The highest BCUT2D eigenvalue weighted by molar-refractivity contribution is 6.73. The van der Waals surface area contributed by atoms with E-state index in [-0.39, 0.29) is 24.4 Å². The standard InChI is InChI=1S/C18H39BO3Si/c1-10-15(19-21-17(6,7)18(8,9)22-19)16(11-2)20-23(12-3,13-4)14-5/h15-16H,10-14H2,1-9H3/t15-,16-/m1/s1. The molecule has 1 aliphatic rings. The average molecular weight is 342 g/mol. The van der Waals surface area contributed by atoms with Crippen LogP contribution < -0.4 is 0 Å². The maximum Gasteiger partial charge on any atom is 0.463 e. The number of hydrogen-bond donors (Lipinski definition) is 0. The van der Waals surface area contributed by atoms with E-state index in [0.717, 1.165) is 12.8 Å². The molecule has 0 aromatic carbocycles. The van der Waals surface area contributed by atoms with E-state index < -0.39 is 8.32 Å². The molecule has 3 nitrogen and oxygen atoms in total. The zero-order valence-corrected chi connectivity index (χ0v) is 18.0. The Bertz CT molecular complexity index is 345. The van der Waals surface area contributed by atoms with Gasteiger partial charge in [0.1, 0.15) is 0 Å². The van der Waals surface area contributed by atoms with E-state index in [9.17, 15) is 0 Å². The van der Waals surface area contributed by atoms with Crippen LogP contribution in [0.1, 0.15) is 75.2 Å². The van der Waals surface area contributed by atoms with Gasteiger partial charge < -0.3 is 13.7 Å². The minimum atomic E-state index is -1.61. The van der Waals surface area contributed by atoms with Crippen molar-refractivity contribution in [2.45, 2.75) is 116 Å². The first-order valence-electron chi connectivity index (χ1n) is 9.65. The van der Waals surface area contributed by atoms with Gasteiger partial charge in [0.25, 0.3) is 0 Å². The zero-order valence-electron chi connectivity index (χ0n) is 17.0. The largest absolute Gasteiger partial charge is 0.463 e. The summed E-state index contributed by atoms with van der Waals surface area (Å²) in [5.74, 6) is 0.303. The summed E-state index contributed by atoms with van der Waals surface area (Å²) in [7, 11) is -1.77. The predicted octanol–water partition coefficient (Wildman–Crippen LogP) is 5.66. The highest BCUT2D eigenvalue weighted by Crippen LogP contribution is 2.43. The molecule has 0 spiro atoms. The summed E-state index contributed by atoms with van der Waals surface area (Å²) < 4.78 is 19.5. The summed E-state index contributed by atoms with van der Waals surface area (Å²) in [4.78, 5) is 0. The fourth-order valence-corrected chi connectivity index (χ4v) is 6.47. The van der Waals surface area contributed by atoms with E-state index in [1.165, 1.54) is 18.1 Å². The molecule has 0 saturated carbocycles. The predicted molar refractivity (Wildman–Crippen MR) is 102 cm³/mol. The van der Waals surface area contributed by atoms with Gasteiger partial charge in [0.15, 0.2) is 8.32 Å². The smallest absolute Gasteiger partial charge is 0.414 e. The molecule has 136 valence electrons. The molecular weight excluding hydrogens is 303 g/mol. The van der Waals surface area contributed by atoms with Crippen molar-refractivity contribution in [3.8, 4) is 0 Å². The van der Waals surface area contributed by atoms with Crippen LogP contribution >= 0.6 is 0 Å². The van der Waals surface area contributed by atoms with Crippen LogP contribution in [0.4, 0.5) is 0 Å². The fraction of sp³-hybridized carbons (Fsp3) is 1.00. The molecule has 5 heteroatoms. The molecule has 2 atom stereocenters. The van der Waals surface area contributed by atoms with Crippen LogP contribution in [0.5, 0.6) is 0 Å². The molecule has 0 radical (unpaired) electrons. The van der Waals surface area contributed by atoms with Crippen LogP contribution in [-0.2, 0) is 13.7 Å². The van der Waals surface area contributed by atoms with Crippen molar-refractivity contribution in [1.29, 1.82) is 0 Å². The van der Waals surface area contributed by atoms with E-state index in [1.807, 2.05) is 0 Å². The summed E-state index contributed by atoms with van der Waals surface area (Å²) in [5.41, 5.74) is -0.531. The Labute approximate surface area is 146 Å². The van der Waals surface area contributed by atoms with Crippen LogP contribution in [-0.4, -0.2) is 32.7 Å². The normalized spacial score (nSPS) is 23.1. The van der Waals surface area contributed by atoms with Crippen LogP contribution in [0, 0.1) is 0 Å². The molecule has 0 aliphatic carbocycles. The van der Waals surface area contributed by atoms with Gasteiger partial charge in [0, 0.05) is 11.9 Å². The minimum Gasteiger partial charge on any atom is -0.414 e. The second-order valence-corrected chi connectivity index (χ2v) is 12.7. The first-order valence-corrected chi connectivity index (χ1v) is 12.2. The summed E-state index contributed by atoms with van der Waals surface area (Å²) in [5, 5.41) is 0. The van der Waals surface area contributed by atoms with E-state index in [0.29, 0.717) is 5.82 Å². The molecule has 0 aromatic heterocycles. The first kappa shape index (κ1) is 21.2. The monoisotopic (exact) mass is 342 g/mol. The van der Waals surface area contributed by atoms with Gasteiger partial charge in [0.05, 0.1) is 11.2 Å². The van der Waals surface area contributed by atoms with Crippen molar-refractivity contribution in [2.75, 3.05) is 0 Å². The fourth-order valence-electron chi connectivity index (χ4n) is 3.49. The van der Waals surface area contributed by atoms with Crippen molar-refractivity contribution in [3.05, 3.63) is 0 Å². The Morgan fingerprint density at radius 1 is 0.826 bits per heavy atom. The lowest BCUT2D eigenvalue weighted by Gasteiger charge is -2.37. The van der Waals surface area contributed by atoms with Crippen LogP contribution in [0.15, 0.2) is 0 Å². The third-order valence-corrected chi connectivity index (χ3v) is 11.0. The van der Waals surface area contributed by atoms with Gasteiger partial charge in [-0.15, -0.1) is 0 Å². The Kier molecular flexibility index (Phi) is 7.40. The molecule has 0 N–H and O–H groups in total. The van der Waals surface area contributed by atoms with Crippen molar-refractivity contribution in [2.24, 2.45) is 0 Å². The maximum absolute atomic E-state index is 6.82. The number of rotatable bonds is 9. The van der Waals surface area contributed by atoms with Gasteiger partial charge in [-0.05, 0) is 52.2 Å². The molecule has 1 saturated heterocycles. The Balaban J connectivity index is 2.94. The van der Waals surface area contributed by atoms with Crippen LogP contribution in [0.3, 0.4) is 0 Å². The lowest BCUT2D eigenvalue weighted by Crippen LogP contribution is -2.44. The Morgan fingerprint density at radius 2 is 1.26 bits per heavy atom. The molecule has 23 heavy (non-hydrogen) atoms. The van der Waals surface area contributed by atoms with E-state index >= 15 is 0 Å². The van der Waals surface area contributed by atoms with Gasteiger partial charge in [-0.3, -0.25) is 0 Å². The zero-order chi connectivity index (χ0) is 17.9. The lowest BCUT2D eigenvalue weighted by atomic mass is 9.66. The highest BCUT2D eigenvalue weighted by Gasteiger charge is 2.55. The molecule has 1 fully saturated rings. The highest BCUT2D eigenvalue weighted by atomic mass is 28.4. The Hall–Kier alpha value is 0.162. The molecule has 1 aliphatic heterocycles. The van der Waals surface area contributed by atoms with Crippen LogP contribution in [0.2, 0.25) is 23.9 Å². The molecule has 0 aromatic rings. The van der Waals surface area contributed by atoms with Gasteiger partial charge >= 0.3 is 7.12 Å². The van der Waals surface area contributed by atoms with Gasteiger partial charge in [-0.1, -0.05) is 41.0 Å². The van der Waals surface area contributed by atoms with E-state index in [2.05, 4.69) is 62.3 Å².